The molecule has 0 aliphatic heterocycles. The predicted molar refractivity (Wildman–Crippen MR) is 146 cm³/mol. The highest BCUT2D eigenvalue weighted by atomic mass is 16.1. The number of imidazole rings is 1. The molecule has 5 unspecified atom stereocenters. The summed E-state index contributed by atoms with van der Waals surface area (Å²) in [5.41, 5.74) is 2.11. The topological polar surface area (TPSA) is 69.8 Å². The molecule has 4 saturated carbocycles. The summed E-state index contributed by atoms with van der Waals surface area (Å²) in [7, 11) is 0. The summed E-state index contributed by atoms with van der Waals surface area (Å²) in [6, 6.07) is 0.497. The van der Waals surface area contributed by atoms with Gasteiger partial charge in [-0.15, -0.1) is 0 Å². The largest absolute Gasteiger partial charge is 0.355 e. The predicted octanol–water partition coefficient (Wildman–Crippen LogP) is 6.12. The highest BCUT2D eigenvalue weighted by molar-refractivity contribution is 5.78. The van der Waals surface area contributed by atoms with Gasteiger partial charge in [0.25, 0.3) is 0 Å². The monoisotopic (exact) mass is 496 g/mol. The number of nitrogens with one attached hydrogen (secondary N) is 3. The number of rotatable bonds is 9. The van der Waals surface area contributed by atoms with Crippen LogP contribution < -0.4 is 10.6 Å². The van der Waals surface area contributed by atoms with Gasteiger partial charge in [0.2, 0.25) is 5.91 Å². The third-order valence-electron chi connectivity index (χ3n) is 12.0. The van der Waals surface area contributed by atoms with E-state index in [0.717, 1.165) is 47.6 Å². The second-order valence-corrected chi connectivity index (χ2v) is 13.7. The Kier molecular flexibility index (Phi) is 7.87. The van der Waals surface area contributed by atoms with Crippen molar-refractivity contribution in [3.63, 3.8) is 0 Å². The van der Waals surface area contributed by atoms with Crippen LogP contribution in [0.2, 0.25) is 0 Å². The van der Waals surface area contributed by atoms with Gasteiger partial charge in [0.1, 0.15) is 0 Å². The number of aromatic nitrogens is 2. The van der Waals surface area contributed by atoms with Crippen molar-refractivity contribution in [2.24, 2.45) is 46.3 Å². The van der Waals surface area contributed by atoms with Crippen molar-refractivity contribution in [1.82, 2.24) is 20.6 Å². The lowest BCUT2D eigenvalue weighted by Gasteiger charge is -2.61. The lowest BCUT2D eigenvalue weighted by Crippen LogP contribution is -2.55. The molecule has 1 amide bonds. The number of carbonyl (C=O) groups is 1. The minimum Gasteiger partial charge on any atom is -0.355 e. The lowest BCUT2D eigenvalue weighted by molar-refractivity contribution is -0.122. The molecule has 4 fully saturated rings. The van der Waals surface area contributed by atoms with Gasteiger partial charge >= 0.3 is 0 Å². The van der Waals surface area contributed by atoms with E-state index in [9.17, 15) is 4.79 Å². The quantitative estimate of drug-likeness (QED) is 0.386. The number of aromatic amines is 1. The second kappa shape index (κ2) is 10.8. The average Bonchev–Trinajstić information content (AvgIpc) is 3.50. The van der Waals surface area contributed by atoms with E-state index in [1.807, 2.05) is 6.20 Å². The van der Waals surface area contributed by atoms with E-state index in [0.29, 0.717) is 30.0 Å². The zero-order valence-corrected chi connectivity index (χ0v) is 23.5. The molecule has 0 aromatic carbocycles. The van der Waals surface area contributed by atoms with E-state index >= 15 is 0 Å². The fourth-order valence-electron chi connectivity index (χ4n) is 10.1. The lowest BCUT2D eigenvalue weighted by atomic mass is 9.44. The molecule has 4 aliphatic carbocycles. The van der Waals surface area contributed by atoms with Gasteiger partial charge in [-0.25, -0.2) is 4.98 Å². The maximum absolute atomic E-state index is 12.4. The standard InChI is InChI=1S/C31H52N4O/c1-5-6-21(2)26-9-10-27-25-8-7-22-17-23(11-14-30(22,3)28(25)12-15-31(26,27)4)34-19-29(36)33-16-13-24-18-32-20-35-24/h18,20-23,25-28,34H,5-17,19H2,1-4H3,(H,32,35)(H,33,36)/t21-,22?,23?,25?,26-,27?,28?,30+,31-/m1/s1. The molecule has 0 spiro atoms. The number of nitrogens with zero attached hydrogens (tertiary/aromatic N) is 1. The maximum Gasteiger partial charge on any atom is 0.233 e. The van der Waals surface area contributed by atoms with Crippen LogP contribution in [0.15, 0.2) is 12.5 Å². The molecule has 3 N–H and O–H groups in total. The highest BCUT2D eigenvalue weighted by Gasteiger charge is 2.60. The summed E-state index contributed by atoms with van der Waals surface area (Å²) >= 11 is 0. The number of amides is 1. The number of carbonyl (C=O) groups excluding carboxylic acids is 1. The average molecular weight is 497 g/mol. The van der Waals surface area contributed by atoms with E-state index in [-0.39, 0.29) is 5.91 Å². The van der Waals surface area contributed by atoms with Crippen LogP contribution in [0.1, 0.15) is 104 Å². The molecule has 4 aliphatic rings. The van der Waals surface area contributed by atoms with E-state index in [2.05, 4.69) is 48.3 Å². The van der Waals surface area contributed by atoms with Crippen molar-refractivity contribution >= 4 is 5.91 Å². The summed E-state index contributed by atoms with van der Waals surface area (Å²) < 4.78 is 0. The Labute approximate surface area is 219 Å². The Morgan fingerprint density at radius 1 is 1.11 bits per heavy atom. The molecule has 0 radical (unpaired) electrons. The van der Waals surface area contributed by atoms with E-state index in [1.54, 1.807) is 6.33 Å². The Balaban J connectivity index is 1.13. The van der Waals surface area contributed by atoms with Gasteiger partial charge in [-0.1, -0.05) is 40.5 Å². The van der Waals surface area contributed by atoms with Gasteiger partial charge in [-0.05, 0) is 104 Å². The first kappa shape index (κ1) is 26.3. The van der Waals surface area contributed by atoms with Crippen molar-refractivity contribution in [2.75, 3.05) is 13.1 Å². The summed E-state index contributed by atoms with van der Waals surface area (Å²) in [5, 5.41) is 6.68. The third kappa shape index (κ3) is 4.90. The summed E-state index contributed by atoms with van der Waals surface area (Å²) in [4.78, 5) is 19.6. The molecule has 202 valence electrons. The summed E-state index contributed by atoms with van der Waals surface area (Å²) in [6.07, 6.45) is 19.7. The highest BCUT2D eigenvalue weighted by Crippen LogP contribution is 2.68. The molecule has 5 nitrogen and oxygen atoms in total. The Morgan fingerprint density at radius 2 is 1.92 bits per heavy atom. The van der Waals surface area contributed by atoms with Crippen molar-refractivity contribution < 1.29 is 4.79 Å². The second-order valence-electron chi connectivity index (χ2n) is 13.7. The minimum absolute atomic E-state index is 0.113. The van der Waals surface area contributed by atoms with Gasteiger partial charge in [0.05, 0.1) is 18.6 Å². The van der Waals surface area contributed by atoms with Crippen LogP contribution in [0.3, 0.4) is 0 Å². The zero-order valence-electron chi connectivity index (χ0n) is 23.5. The Bertz CT molecular complexity index is 870. The smallest absolute Gasteiger partial charge is 0.233 e. The molecule has 1 aromatic rings. The van der Waals surface area contributed by atoms with Crippen molar-refractivity contribution in [1.29, 1.82) is 0 Å². The molecule has 5 rings (SSSR count). The van der Waals surface area contributed by atoms with E-state index < -0.39 is 0 Å². The summed E-state index contributed by atoms with van der Waals surface area (Å²) in [5.74, 6) is 5.67. The van der Waals surface area contributed by atoms with E-state index in [1.165, 1.54) is 70.6 Å². The van der Waals surface area contributed by atoms with Crippen LogP contribution in [-0.4, -0.2) is 35.0 Å². The molecule has 0 bridgehead atoms. The Morgan fingerprint density at radius 3 is 2.69 bits per heavy atom. The van der Waals surface area contributed by atoms with Gasteiger partial charge in [-0.2, -0.15) is 0 Å². The SMILES string of the molecule is CCC[C@@H](C)[C@H]1CCC2C3CCC4CC(NCC(=O)NCCc5c[nH]cn5)CC[C@]4(C)C3CC[C@@]21C. The van der Waals surface area contributed by atoms with Gasteiger partial charge in [-0.3, -0.25) is 4.79 Å². The van der Waals surface area contributed by atoms with Crippen LogP contribution >= 0.6 is 0 Å². The fourth-order valence-corrected chi connectivity index (χ4v) is 10.1. The van der Waals surface area contributed by atoms with E-state index in [4.69, 9.17) is 0 Å². The van der Waals surface area contributed by atoms with Crippen LogP contribution in [0.5, 0.6) is 0 Å². The fraction of sp³-hybridized carbons (Fsp3) is 0.871. The number of hydrogen-bond acceptors (Lipinski definition) is 3. The van der Waals surface area contributed by atoms with Gasteiger partial charge < -0.3 is 15.6 Å². The molecular weight excluding hydrogens is 444 g/mol. The summed E-state index contributed by atoms with van der Waals surface area (Å²) in [6.45, 7) is 11.4. The van der Waals surface area contributed by atoms with Crippen LogP contribution in [0.25, 0.3) is 0 Å². The minimum atomic E-state index is 0.113. The number of hydrogen-bond donors (Lipinski definition) is 3. The van der Waals surface area contributed by atoms with Crippen LogP contribution in [-0.2, 0) is 11.2 Å². The number of H-pyrrole nitrogens is 1. The first-order valence-electron chi connectivity index (χ1n) is 15.3. The molecule has 0 saturated heterocycles. The third-order valence-corrected chi connectivity index (χ3v) is 12.0. The molecule has 1 aromatic heterocycles. The number of fused-ring (bicyclic) bond motifs is 5. The van der Waals surface area contributed by atoms with Crippen LogP contribution in [0.4, 0.5) is 0 Å². The van der Waals surface area contributed by atoms with Crippen LogP contribution in [0, 0.1) is 46.3 Å². The van der Waals surface area contributed by atoms with Gasteiger partial charge in [0.15, 0.2) is 0 Å². The first-order chi connectivity index (χ1) is 17.3. The molecule has 9 atom stereocenters. The normalized spacial score (nSPS) is 40.7. The molecular formula is C31H52N4O. The first-order valence-corrected chi connectivity index (χ1v) is 15.3. The van der Waals surface area contributed by atoms with Gasteiger partial charge in [0, 0.05) is 25.2 Å². The Hall–Kier alpha value is -1.36. The maximum atomic E-state index is 12.4. The van der Waals surface area contributed by atoms with Crippen molar-refractivity contribution in [3.05, 3.63) is 18.2 Å². The molecule has 1 heterocycles. The molecule has 5 heteroatoms. The molecule has 36 heavy (non-hydrogen) atoms. The van der Waals surface area contributed by atoms with Crippen molar-refractivity contribution in [2.45, 2.75) is 111 Å². The van der Waals surface area contributed by atoms with Crippen molar-refractivity contribution in [3.8, 4) is 0 Å². The zero-order chi connectivity index (χ0) is 25.3.